The van der Waals surface area contributed by atoms with Crippen molar-refractivity contribution in [1.29, 1.82) is 0 Å². The lowest BCUT2D eigenvalue weighted by Crippen LogP contribution is -2.57. The maximum atomic E-state index is 12.3. The van der Waals surface area contributed by atoms with Crippen molar-refractivity contribution in [3.63, 3.8) is 0 Å². The highest BCUT2D eigenvalue weighted by molar-refractivity contribution is 5.83. The van der Waals surface area contributed by atoms with E-state index in [1.807, 2.05) is 27.7 Å². The van der Waals surface area contributed by atoms with Crippen LogP contribution >= 0.6 is 0 Å². The van der Waals surface area contributed by atoms with Gasteiger partial charge in [0.2, 0.25) is 5.91 Å². The summed E-state index contributed by atoms with van der Waals surface area (Å²) in [5, 5.41) is 12.3. The van der Waals surface area contributed by atoms with E-state index in [0.717, 1.165) is 19.3 Å². The molecular weight excluding hydrogens is 216 g/mol. The summed E-state index contributed by atoms with van der Waals surface area (Å²) >= 11 is 0. The summed E-state index contributed by atoms with van der Waals surface area (Å²) in [6.07, 6.45) is 3.02. The zero-order valence-corrected chi connectivity index (χ0v) is 11.4. The summed E-state index contributed by atoms with van der Waals surface area (Å²) < 4.78 is 0. The highest BCUT2D eigenvalue weighted by atomic mass is 16.3. The number of hydrogen-bond acceptors (Lipinski definition) is 3. The normalized spacial score (nSPS) is 26.0. The predicted molar refractivity (Wildman–Crippen MR) is 68.4 cm³/mol. The number of rotatable bonds is 4. The van der Waals surface area contributed by atoms with Gasteiger partial charge in [-0.25, -0.2) is 0 Å². The maximum absolute atomic E-state index is 12.3. The maximum Gasteiger partial charge on any atom is 0.227 e. The van der Waals surface area contributed by atoms with E-state index in [2.05, 4.69) is 5.32 Å². The molecule has 0 radical (unpaired) electrons. The number of aliphatic hydroxyl groups excluding tert-OH is 1. The molecular formula is C13H26N2O2. The molecule has 4 heteroatoms. The molecule has 0 heterocycles. The van der Waals surface area contributed by atoms with E-state index < -0.39 is 11.0 Å². The van der Waals surface area contributed by atoms with Crippen molar-refractivity contribution < 1.29 is 9.90 Å². The minimum absolute atomic E-state index is 0.0182. The third kappa shape index (κ3) is 2.99. The van der Waals surface area contributed by atoms with Gasteiger partial charge in [0.05, 0.1) is 5.41 Å². The van der Waals surface area contributed by atoms with Gasteiger partial charge in [0, 0.05) is 24.1 Å². The van der Waals surface area contributed by atoms with Crippen molar-refractivity contribution in [2.75, 3.05) is 6.61 Å². The molecule has 0 bridgehead atoms. The molecule has 0 saturated heterocycles. The molecule has 1 fully saturated rings. The molecule has 0 aliphatic heterocycles. The molecule has 1 aliphatic carbocycles. The van der Waals surface area contributed by atoms with Crippen LogP contribution in [-0.4, -0.2) is 29.2 Å². The van der Waals surface area contributed by atoms with Gasteiger partial charge in [-0.2, -0.15) is 0 Å². The summed E-state index contributed by atoms with van der Waals surface area (Å²) in [5.74, 6) is 0.186. The molecule has 1 amide bonds. The number of hydrogen-bond donors (Lipinski definition) is 3. The van der Waals surface area contributed by atoms with Crippen LogP contribution in [0.1, 0.15) is 47.0 Å². The first-order valence-corrected chi connectivity index (χ1v) is 6.41. The SMILES string of the molecule is CC(C)(N)C(C)(C)C(=O)NC1CCCC1CO. The highest BCUT2D eigenvalue weighted by Gasteiger charge is 2.42. The van der Waals surface area contributed by atoms with Crippen LogP contribution in [0.5, 0.6) is 0 Å². The topological polar surface area (TPSA) is 75.4 Å². The van der Waals surface area contributed by atoms with Crippen LogP contribution in [-0.2, 0) is 4.79 Å². The highest BCUT2D eigenvalue weighted by Crippen LogP contribution is 2.31. The van der Waals surface area contributed by atoms with E-state index in [4.69, 9.17) is 5.73 Å². The van der Waals surface area contributed by atoms with E-state index >= 15 is 0 Å². The van der Waals surface area contributed by atoms with Crippen molar-refractivity contribution in [2.45, 2.75) is 58.5 Å². The van der Waals surface area contributed by atoms with Crippen LogP contribution in [0, 0.1) is 11.3 Å². The molecule has 0 spiro atoms. The Morgan fingerprint density at radius 3 is 2.41 bits per heavy atom. The van der Waals surface area contributed by atoms with E-state index in [-0.39, 0.29) is 24.5 Å². The molecule has 4 nitrogen and oxygen atoms in total. The third-order valence-electron chi connectivity index (χ3n) is 4.39. The lowest BCUT2D eigenvalue weighted by molar-refractivity contribution is -0.133. The van der Waals surface area contributed by atoms with E-state index in [1.165, 1.54) is 0 Å². The quantitative estimate of drug-likeness (QED) is 0.689. The molecule has 1 saturated carbocycles. The molecule has 0 aromatic rings. The number of amides is 1. The van der Waals surface area contributed by atoms with Gasteiger partial charge in [-0.05, 0) is 40.5 Å². The van der Waals surface area contributed by atoms with Crippen LogP contribution in [0.4, 0.5) is 0 Å². The summed E-state index contributed by atoms with van der Waals surface area (Å²) in [6.45, 7) is 7.61. The zero-order valence-electron chi connectivity index (χ0n) is 11.4. The molecule has 0 aromatic heterocycles. The van der Waals surface area contributed by atoms with Gasteiger partial charge in [-0.3, -0.25) is 4.79 Å². The molecule has 100 valence electrons. The Morgan fingerprint density at radius 1 is 1.35 bits per heavy atom. The number of carbonyl (C=O) groups is 1. The van der Waals surface area contributed by atoms with Crippen molar-refractivity contribution in [3.05, 3.63) is 0 Å². The van der Waals surface area contributed by atoms with Crippen molar-refractivity contribution >= 4 is 5.91 Å². The van der Waals surface area contributed by atoms with E-state index in [9.17, 15) is 9.90 Å². The van der Waals surface area contributed by atoms with Gasteiger partial charge < -0.3 is 16.2 Å². The largest absolute Gasteiger partial charge is 0.396 e. The van der Waals surface area contributed by atoms with Crippen molar-refractivity contribution in [3.8, 4) is 0 Å². The fourth-order valence-electron chi connectivity index (χ4n) is 2.09. The Bertz CT molecular complexity index is 282. The second-order valence-corrected chi connectivity index (χ2v) is 6.30. The minimum Gasteiger partial charge on any atom is -0.396 e. The zero-order chi connectivity index (χ0) is 13.3. The van der Waals surface area contributed by atoms with Crippen LogP contribution < -0.4 is 11.1 Å². The van der Waals surface area contributed by atoms with Crippen LogP contribution in [0.15, 0.2) is 0 Å². The van der Waals surface area contributed by atoms with Crippen LogP contribution in [0.2, 0.25) is 0 Å². The molecule has 2 atom stereocenters. The Balaban J connectivity index is 2.66. The number of nitrogens with one attached hydrogen (secondary N) is 1. The van der Waals surface area contributed by atoms with Gasteiger partial charge in [0.25, 0.3) is 0 Å². The number of aliphatic hydroxyl groups is 1. The number of nitrogens with two attached hydrogens (primary N) is 1. The van der Waals surface area contributed by atoms with Gasteiger partial charge >= 0.3 is 0 Å². The predicted octanol–water partition coefficient (Wildman–Crippen LogP) is 1.03. The fraction of sp³-hybridized carbons (Fsp3) is 0.923. The van der Waals surface area contributed by atoms with Crippen molar-refractivity contribution in [2.24, 2.45) is 17.1 Å². The van der Waals surface area contributed by atoms with Gasteiger partial charge in [0.15, 0.2) is 0 Å². The van der Waals surface area contributed by atoms with Crippen molar-refractivity contribution in [1.82, 2.24) is 5.32 Å². The fourth-order valence-corrected chi connectivity index (χ4v) is 2.09. The first-order chi connectivity index (χ1) is 7.70. The van der Waals surface area contributed by atoms with E-state index in [1.54, 1.807) is 0 Å². The Hall–Kier alpha value is -0.610. The molecule has 4 N–H and O–H groups in total. The monoisotopic (exact) mass is 242 g/mol. The standard InChI is InChI=1S/C13H26N2O2/c1-12(2,13(3,4)14)11(17)15-10-7-5-6-9(10)8-16/h9-10,16H,5-8,14H2,1-4H3,(H,15,17). The minimum atomic E-state index is -0.615. The number of carbonyl (C=O) groups excluding carboxylic acids is 1. The van der Waals surface area contributed by atoms with Gasteiger partial charge in [-0.1, -0.05) is 6.42 Å². The first kappa shape index (κ1) is 14.5. The summed E-state index contributed by atoms with van der Waals surface area (Å²) in [5.41, 5.74) is 4.86. The Kier molecular flexibility index (Phi) is 4.20. The average molecular weight is 242 g/mol. The third-order valence-corrected chi connectivity index (χ3v) is 4.39. The molecule has 1 aliphatic rings. The molecule has 0 aromatic carbocycles. The first-order valence-electron chi connectivity index (χ1n) is 6.41. The van der Waals surface area contributed by atoms with E-state index in [0.29, 0.717) is 0 Å². The van der Waals surface area contributed by atoms with Gasteiger partial charge in [-0.15, -0.1) is 0 Å². The second-order valence-electron chi connectivity index (χ2n) is 6.30. The molecule has 2 unspecified atom stereocenters. The lowest BCUT2D eigenvalue weighted by Gasteiger charge is -2.38. The Labute approximate surface area is 104 Å². The lowest BCUT2D eigenvalue weighted by atomic mass is 9.74. The Morgan fingerprint density at radius 2 is 1.94 bits per heavy atom. The summed E-state index contributed by atoms with van der Waals surface area (Å²) in [7, 11) is 0. The molecule has 17 heavy (non-hydrogen) atoms. The summed E-state index contributed by atoms with van der Waals surface area (Å²) in [6, 6.07) is 0.106. The average Bonchev–Trinajstić information content (AvgIpc) is 2.63. The van der Waals surface area contributed by atoms with Crippen LogP contribution in [0.3, 0.4) is 0 Å². The van der Waals surface area contributed by atoms with Crippen LogP contribution in [0.25, 0.3) is 0 Å². The molecule has 1 rings (SSSR count). The second kappa shape index (κ2) is 4.94. The van der Waals surface area contributed by atoms with Gasteiger partial charge in [0.1, 0.15) is 0 Å². The summed E-state index contributed by atoms with van der Waals surface area (Å²) in [4.78, 5) is 12.3. The smallest absolute Gasteiger partial charge is 0.227 e.